The Hall–Kier alpha value is -1.45. The molecule has 0 bridgehead atoms. The monoisotopic (exact) mass is 299 g/mol. The molecule has 1 aliphatic rings. The predicted octanol–water partition coefficient (Wildman–Crippen LogP) is 4.12. The number of benzene rings is 2. The van der Waals surface area contributed by atoms with Gasteiger partial charge in [0.1, 0.15) is 12.4 Å². The van der Waals surface area contributed by atoms with Gasteiger partial charge in [-0.1, -0.05) is 35.9 Å². The summed E-state index contributed by atoms with van der Waals surface area (Å²) >= 11 is 1.91. The van der Waals surface area contributed by atoms with Gasteiger partial charge in [0.15, 0.2) is 0 Å². The lowest BCUT2D eigenvalue weighted by atomic mass is 10.0. The van der Waals surface area contributed by atoms with Crippen molar-refractivity contribution in [3.8, 4) is 5.75 Å². The van der Waals surface area contributed by atoms with Crippen molar-refractivity contribution in [2.75, 3.05) is 13.7 Å². The molecule has 2 aromatic rings. The highest BCUT2D eigenvalue weighted by Crippen LogP contribution is 2.40. The first kappa shape index (κ1) is 14.5. The minimum atomic E-state index is 0.320. The lowest BCUT2D eigenvalue weighted by molar-refractivity contribution is 0.265. The molecule has 3 rings (SSSR count). The average molecular weight is 299 g/mol. The van der Waals surface area contributed by atoms with Gasteiger partial charge in [0.05, 0.1) is 11.3 Å². The van der Waals surface area contributed by atoms with Crippen LogP contribution in [0.5, 0.6) is 5.75 Å². The third kappa shape index (κ3) is 2.94. The molecule has 0 saturated carbocycles. The molecule has 0 fully saturated rings. The Labute approximate surface area is 130 Å². The molecule has 0 amide bonds. The van der Waals surface area contributed by atoms with Gasteiger partial charge in [-0.15, -0.1) is 11.8 Å². The van der Waals surface area contributed by atoms with E-state index in [0.29, 0.717) is 11.3 Å². The lowest BCUT2D eigenvalue weighted by Gasteiger charge is -2.33. The van der Waals surface area contributed by atoms with E-state index in [0.717, 1.165) is 12.4 Å². The Morgan fingerprint density at radius 1 is 1.14 bits per heavy atom. The van der Waals surface area contributed by atoms with Crippen LogP contribution in [0.4, 0.5) is 0 Å². The number of ether oxygens (including phenoxy) is 1. The smallest absolute Gasteiger partial charge is 0.124 e. The van der Waals surface area contributed by atoms with Gasteiger partial charge in [-0.3, -0.25) is 0 Å². The minimum Gasteiger partial charge on any atom is -0.492 e. The van der Waals surface area contributed by atoms with Crippen molar-refractivity contribution in [3.05, 3.63) is 59.2 Å². The minimum absolute atomic E-state index is 0.320. The highest BCUT2D eigenvalue weighted by Gasteiger charge is 2.30. The second-order valence-corrected chi connectivity index (χ2v) is 6.82. The van der Waals surface area contributed by atoms with Crippen molar-refractivity contribution in [3.63, 3.8) is 0 Å². The van der Waals surface area contributed by atoms with Crippen LogP contribution in [0.3, 0.4) is 0 Å². The van der Waals surface area contributed by atoms with Crippen molar-refractivity contribution in [1.29, 1.82) is 0 Å². The van der Waals surface area contributed by atoms with E-state index in [1.165, 1.54) is 21.6 Å². The average Bonchev–Trinajstić information content (AvgIpc) is 2.49. The fourth-order valence-corrected chi connectivity index (χ4v) is 4.15. The summed E-state index contributed by atoms with van der Waals surface area (Å²) in [7, 11) is 2.03. The van der Waals surface area contributed by atoms with Gasteiger partial charge in [0.25, 0.3) is 0 Å². The second kappa shape index (κ2) is 6.12. The van der Waals surface area contributed by atoms with Crippen molar-refractivity contribution >= 4 is 11.8 Å². The first-order valence-corrected chi connectivity index (χ1v) is 8.20. The molecule has 21 heavy (non-hydrogen) atoms. The van der Waals surface area contributed by atoms with Crippen LogP contribution >= 0.6 is 11.8 Å². The summed E-state index contributed by atoms with van der Waals surface area (Å²) in [6, 6.07) is 15.3. The van der Waals surface area contributed by atoms with Gasteiger partial charge in [0, 0.05) is 10.5 Å². The molecule has 3 heteroatoms. The predicted molar refractivity (Wildman–Crippen MR) is 89.3 cm³/mol. The third-order valence-corrected chi connectivity index (χ3v) is 5.37. The normalized spacial score (nSPS) is 20.7. The maximum atomic E-state index is 5.94. The highest BCUT2D eigenvalue weighted by atomic mass is 32.2. The molecule has 2 aromatic carbocycles. The highest BCUT2D eigenvalue weighted by molar-refractivity contribution is 8.00. The zero-order chi connectivity index (χ0) is 14.8. The van der Waals surface area contributed by atoms with E-state index < -0.39 is 0 Å². The Kier molecular flexibility index (Phi) is 4.22. The molecular formula is C18H21NOS. The summed E-state index contributed by atoms with van der Waals surface area (Å²) < 4.78 is 5.94. The summed E-state index contributed by atoms with van der Waals surface area (Å²) in [6.45, 7) is 5.06. The quantitative estimate of drug-likeness (QED) is 0.921. The van der Waals surface area contributed by atoms with Gasteiger partial charge < -0.3 is 10.1 Å². The fraction of sp³-hybridized carbons (Fsp3) is 0.333. The van der Waals surface area contributed by atoms with Crippen LogP contribution in [0.15, 0.2) is 47.4 Å². The molecule has 0 radical (unpaired) electrons. The van der Waals surface area contributed by atoms with E-state index in [-0.39, 0.29) is 0 Å². The van der Waals surface area contributed by atoms with Gasteiger partial charge >= 0.3 is 0 Å². The van der Waals surface area contributed by atoms with Crippen molar-refractivity contribution in [2.24, 2.45) is 0 Å². The van der Waals surface area contributed by atoms with Crippen LogP contribution < -0.4 is 10.1 Å². The van der Waals surface area contributed by atoms with E-state index in [4.69, 9.17) is 4.74 Å². The Morgan fingerprint density at radius 3 is 2.71 bits per heavy atom. The summed E-state index contributed by atoms with van der Waals surface area (Å²) in [5.74, 6) is 1.01. The molecule has 1 aliphatic heterocycles. The molecule has 110 valence electrons. The maximum absolute atomic E-state index is 5.94. The van der Waals surface area contributed by atoms with Crippen LogP contribution in [0.25, 0.3) is 0 Å². The number of thioether (sulfide) groups is 1. The first-order valence-electron chi connectivity index (χ1n) is 7.32. The number of para-hydroxylation sites is 1. The fourth-order valence-electron chi connectivity index (χ4n) is 2.88. The Balaban J connectivity index is 1.86. The van der Waals surface area contributed by atoms with E-state index in [1.807, 2.05) is 24.9 Å². The topological polar surface area (TPSA) is 21.3 Å². The van der Waals surface area contributed by atoms with E-state index in [2.05, 4.69) is 55.6 Å². The lowest BCUT2D eigenvalue weighted by Crippen LogP contribution is -2.35. The molecule has 1 N–H and O–H groups in total. The van der Waals surface area contributed by atoms with Gasteiger partial charge in [-0.05, 0) is 38.6 Å². The molecule has 2 unspecified atom stereocenters. The standard InChI is InChI=1S/C18H21NOS/c1-12-8-9-16(13(2)10-12)21-17-11-20-15-7-5-4-6-14(15)18(17)19-3/h4-10,17-19H,11H2,1-3H3. The molecule has 0 aliphatic carbocycles. The molecular weight excluding hydrogens is 278 g/mol. The van der Waals surface area contributed by atoms with Crippen LogP contribution in [0.1, 0.15) is 22.7 Å². The largest absolute Gasteiger partial charge is 0.492 e. The molecule has 2 atom stereocenters. The van der Waals surface area contributed by atoms with Gasteiger partial charge in [-0.2, -0.15) is 0 Å². The number of rotatable bonds is 3. The first-order chi connectivity index (χ1) is 10.2. The van der Waals surface area contributed by atoms with E-state index in [9.17, 15) is 0 Å². The van der Waals surface area contributed by atoms with Crippen LogP contribution in [-0.4, -0.2) is 18.9 Å². The number of hydrogen-bond donors (Lipinski definition) is 1. The molecule has 0 aromatic heterocycles. The number of fused-ring (bicyclic) bond motifs is 1. The molecule has 0 saturated heterocycles. The third-order valence-electron chi connectivity index (χ3n) is 3.95. The van der Waals surface area contributed by atoms with Gasteiger partial charge in [0.2, 0.25) is 0 Å². The van der Waals surface area contributed by atoms with Crippen LogP contribution in [-0.2, 0) is 0 Å². The van der Waals surface area contributed by atoms with Crippen molar-refractivity contribution in [1.82, 2.24) is 5.32 Å². The zero-order valence-electron chi connectivity index (χ0n) is 12.7. The molecule has 1 heterocycles. The summed E-state index contributed by atoms with van der Waals surface area (Å²) in [4.78, 5) is 1.34. The molecule has 0 spiro atoms. The maximum Gasteiger partial charge on any atom is 0.124 e. The zero-order valence-corrected chi connectivity index (χ0v) is 13.5. The van der Waals surface area contributed by atoms with E-state index >= 15 is 0 Å². The second-order valence-electron chi connectivity index (χ2n) is 5.54. The van der Waals surface area contributed by atoms with E-state index in [1.54, 1.807) is 0 Å². The van der Waals surface area contributed by atoms with Gasteiger partial charge in [-0.25, -0.2) is 0 Å². The van der Waals surface area contributed by atoms with Crippen molar-refractivity contribution < 1.29 is 4.74 Å². The Morgan fingerprint density at radius 2 is 1.95 bits per heavy atom. The summed E-state index contributed by atoms with van der Waals surface area (Å²) in [5, 5.41) is 3.84. The van der Waals surface area contributed by atoms with Crippen LogP contribution in [0.2, 0.25) is 0 Å². The summed E-state index contributed by atoms with van der Waals surface area (Å²) in [6.07, 6.45) is 0. The molecule has 2 nitrogen and oxygen atoms in total. The SMILES string of the molecule is CNC1c2ccccc2OCC1Sc1ccc(C)cc1C. The number of aryl methyl sites for hydroxylation is 2. The number of hydrogen-bond acceptors (Lipinski definition) is 3. The summed E-state index contributed by atoms with van der Waals surface area (Å²) in [5.41, 5.74) is 3.91. The van der Waals surface area contributed by atoms with Crippen LogP contribution in [0, 0.1) is 13.8 Å². The Bertz CT molecular complexity index is 641. The van der Waals surface area contributed by atoms with Crippen molar-refractivity contribution in [2.45, 2.75) is 30.0 Å². The number of nitrogens with one attached hydrogen (secondary N) is 1.